The van der Waals surface area contributed by atoms with Crippen molar-refractivity contribution >= 4 is 41.2 Å². The number of carbonyl (C=O) groups excluding carboxylic acids is 3. The Morgan fingerprint density at radius 2 is 1.72 bits per heavy atom. The largest absolute Gasteiger partial charge is 0.495 e. The summed E-state index contributed by atoms with van der Waals surface area (Å²) in [5.74, 6) is -1.29. The van der Waals surface area contributed by atoms with Gasteiger partial charge >= 0.3 is 11.8 Å². The Kier molecular flexibility index (Phi) is 9.41. The minimum Gasteiger partial charge on any atom is -0.495 e. The van der Waals surface area contributed by atoms with Crippen molar-refractivity contribution in [3.05, 3.63) is 88.9 Å². The zero-order chi connectivity index (χ0) is 25.9. The topological polar surface area (TPSA) is 118 Å². The zero-order valence-corrected chi connectivity index (χ0v) is 20.4. The Hall–Kier alpha value is -4.37. The number of nitrogens with zero attached hydrogens (tertiary/aromatic N) is 1. The van der Waals surface area contributed by atoms with E-state index < -0.39 is 11.8 Å². The van der Waals surface area contributed by atoms with Crippen LogP contribution in [-0.2, 0) is 14.4 Å². The van der Waals surface area contributed by atoms with Crippen molar-refractivity contribution in [2.24, 2.45) is 5.10 Å². The molecule has 10 heteroatoms. The zero-order valence-electron chi connectivity index (χ0n) is 19.7. The summed E-state index contributed by atoms with van der Waals surface area (Å²) in [6.07, 6.45) is 1.36. The number of amides is 3. The molecule has 9 nitrogen and oxygen atoms in total. The van der Waals surface area contributed by atoms with E-state index in [0.29, 0.717) is 22.1 Å². The van der Waals surface area contributed by atoms with Crippen LogP contribution in [0, 0.1) is 0 Å². The Morgan fingerprint density at radius 3 is 2.42 bits per heavy atom. The van der Waals surface area contributed by atoms with Gasteiger partial charge in [-0.2, -0.15) is 5.10 Å². The van der Waals surface area contributed by atoms with E-state index in [9.17, 15) is 14.4 Å². The van der Waals surface area contributed by atoms with E-state index in [0.717, 1.165) is 5.56 Å². The van der Waals surface area contributed by atoms with Crippen molar-refractivity contribution in [2.75, 3.05) is 19.0 Å². The summed E-state index contributed by atoms with van der Waals surface area (Å²) < 4.78 is 10.6. The van der Waals surface area contributed by atoms with E-state index in [2.05, 4.69) is 21.2 Å². The summed E-state index contributed by atoms with van der Waals surface area (Å²) in [7, 11) is 1.43. The number of hydrazone groups is 1. The third kappa shape index (κ3) is 7.85. The van der Waals surface area contributed by atoms with Gasteiger partial charge in [-0.25, -0.2) is 5.43 Å². The summed E-state index contributed by atoms with van der Waals surface area (Å²) in [6, 6.07) is 20.8. The molecule has 1 atom stereocenters. The van der Waals surface area contributed by atoms with Gasteiger partial charge in [-0.3, -0.25) is 14.4 Å². The molecule has 1 unspecified atom stereocenters. The molecule has 0 aliphatic carbocycles. The fourth-order valence-electron chi connectivity index (χ4n) is 3.08. The van der Waals surface area contributed by atoms with E-state index in [-0.39, 0.29) is 24.2 Å². The molecule has 3 rings (SSSR count). The Labute approximate surface area is 213 Å². The molecule has 186 valence electrons. The number of nitrogens with one attached hydrogen (secondary N) is 3. The SMILES string of the molecule is COc1ccc(Cl)cc1NC(=O)C(=O)NN=Cc1ccc(OCC(=O)NC(C)c2ccccc2)cc1. The van der Waals surface area contributed by atoms with Crippen LogP contribution in [0.4, 0.5) is 5.69 Å². The van der Waals surface area contributed by atoms with Gasteiger partial charge in [0.1, 0.15) is 11.5 Å². The number of halogens is 1. The van der Waals surface area contributed by atoms with Crippen LogP contribution in [0.5, 0.6) is 11.5 Å². The van der Waals surface area contributed by atoms with Gasteiger partial charge in [-0.1, -0.05) is 41.9 Å². The average Bonchev–Trinajstić information content (AvgIpc) is 2.88. The number of ether oxygens (including phenoxy) is 2. The van der Waals surface area contributed by atoms with Crippen LogP contribution in [0.3, 0.4) is 0 Å². The van der Waals surface area contributed by atoms with Crippen LogP contribution in [0.2, 0.25) is 5.02 Å². The second-order valence-corrected chi connectivity index (χ2v) is 7.99. The van der Waals surface area contributed by atoms with Gasteiger partial charge in [0.2, 0.25) is 0 Å². The molecule has 3 aromatic carbocycles. The summed E-state index contributed by atoms with van der Waals surface area (Å²) in [5, 5.41) is 9.45. The first-order chi connectivity index (χ1) is 17.4. The number of hydrogen-bond donors (Lipinski definition) is 3. The summed E-state index contributed by atoms with van der Waals surface area (Å²) in [4.78, 5) is 36.3. The molecule has 0 heterocycles. The van der Waals surface area contributed by atoms with Gasteiger partial charge in [0.05, 0.1) is 25.1 Å². The molecular weight excluding hydrogens is 484 g/mol. The first-order valence-corrected chi connectivity index (χ1v) is 11.3. The van der Waals surface area contributed by atoms with Gasteiger partial charge in [-0.05, 0) is 60.5 Å². The molecule has 0 spiro atoms. The fourth-order valence-corrected chi connectivity index (χ4v) is 3.25. The summed E-state index contributed by atoms with van der Waals surface area (Å²) in [6.45, 7) is 1.77. The molecule has 0 aliphatic rings. The Morgan fingerprint density at radius 1 is 1.00 bits per heavy atom. The number of carbonyl (C=O) groups is 3. The fraction of sp³-hybridized carbons (Fsp3) is 0.154. The third-order valence-electron chi connectivity index (χ3n) is 4.92. The van der Waals surface area contributed by atoms with Gasteiger partial charge in [0.25, 0.3) is 5.91 Å². The molecule has 3 N–H and O–H groups in total. The minimum atomic E-state index is -0.969. The summed E-state index contributed by atoms with van der Waals surface area (Å²) in [5.41, 5.74) is 4.05. The quantitative estimate of drug-likeness (QED) is 0.231. The maximum Gasteiger partial charge on any atom is 0.329 e. The van der Waals surface area contributed by atoms with Crippen molar-refractivity contribution in [3.63, 3.8) is 0 Å². The Bertz CT molecular complexity index is 1230. The molecule has 0 fully saturated rings. The second kappa shape index (κ2) is 12.9. The van der Waals surface area contributed by atoms with Crippen LogP contribution in [0.15, 0.2) is 77.9 Å². The van der Waals surface area contributed by atoms with Crippen molar-refractivity contribution in [1.82, 2.24) is 10.7 Å². The van der Waals surface area contributed by atoms with Gasteiger partial charge in [0, 0.05) is 5.02 Å². The molecule has 36 heavy (non-hydrogen) atoms. The van der Waals surface area contributed by atoms with Crippen molar-refractivity contribution in [1.29, 1.82) is 0 Å². The van der Waals surface area contributed by atoms with E-state index >= 15 is 0 Å². The van der Waals surface area contributed by atoms with E-state index in [1.54, 1.807) is 36.4 Å². The lowest BCUT2D eigenvalue weighted by Gasteiger charge is -2.14. The lowest BCUT2D eigenvalue weighted by atomic mass is 10.1. The molecular formula is C26H25ClN4O5. The molecule has 0 bridgehead atoms. The van der Waals surface area contributed by atoms with E-state index in [1.165, 1.54) is 19.4 Å². The van der Waals surface area contributed by atoms with Gasteiger partial charge in [-0.15, -0.1) is 0 Å². The standard InChI is InChI=1S/C26H25ClN4O5/c1-17(19-6-4-3-5-7-19)29-24(32)16-36-21-11-8-18(9-12-21)15-28-31-26(34)25(33)30-22-14-20(27)10-13-23(22)35-2/h3-15,17H,16H2,1-2H3,(H,29,32)(H,30,33)(H,31,34). The smallest absolute Gasteiger partial charge is 0.329 e. The van der Waals surface area contributed by atoms with Crippen molar-refractivity contribution in [2.45, 2.75) is 13.0 Å². The maximum absolute atomic E-state index is 12.2. The highest BCUT2D eigenvalue weighted by atomic mass is 35.5. The molecule has 3 aromatic rings. The van der Waals surface area contributed by atoms with Crippen molar-refractivity contribution in [3.8, 4) is 11.5 Å². The average molecular weight is 509 g/mol. The van der Waals surface area contributed by atoms with Crippen LogP contribution in [0.25, 0.3) is 0 Å². The molecule has 0 radical (unpaired) electrons. The molecule has 0 aliphatic heterocycles. The minimum absolute atomic E-state index is 0.132. The number of hydrogen-bond acceptors (Lipinski definition) is 6. The summed E-state index contributed by atoms with van der Waals surface area (Å²) >= 11 is 5.92. The lowest BCUT2D eigenvalue weighted by Crippen LogP contribution is -2.32. The number of benzene rings is 3. The molecule has 0 saturated heterocycles. The predicted octanol–water partition coefficient (Wildman–Crippen LogP) is 3.69. The predicted molar refractivity (Wildman–Crippen MR) is 137 cm³/mol. The van der Waals surface area contributed by atoms with E-state index in [1.807, 2.05) is 37.3 Å². The van der Waals surface area contributed by atoms with Gasteiger partial charge < -0.3 is 20.1 Å². The van der Waals surface area contributed by atoms with E-state index in [4.69, 9.17) is 21.1 Å². The highest BCUT2D eigenvalue weighted by Gasteiger charge is 2.15. The monoisotopic (exact) mass is 508 g/mol. The second-order valence-electron chi connectivity index (χ2n) is 7.56. The highest BCUT2D eigenvalue weighted by Crippen LogP contribution is 2.27. The first-order valence-electron chi connectivity index (χ1n) is 10.9. The lowest BCUT2D eigenvalue weighted by molar-refractivity contribution is -0.136. The molecule has 3 amide bonds. The first kappa shape index (κ1) is 26.2. The normalized spacial score (nSPS) is 11.4. The molecule has 0 aromatic heterocycles. The number of rotatable bonds is 9. The Balaban J connectivity index is 1.44. The van der Waals surface area contributed by atoms with Crippen molar-refractivity contribution < 1.29 is 23.9 Å². The van der Waals surface area contributed by atoms with Gasteiger partial charge in [0.15, 0.2) is 6.61 Å². The van der Waals surface area contributed by atoms with Crippen LogP contribution >= 0.6 is 11.6 Å². The maximum atomic E-state index is 12.2. The number of anilines is 1. The number of methoxy groups -OCH3 is 1. The van der Waals surface area contributed by atoms with Crippen LogP contribution < -0.4 is 25.5 Å². The van der Waals surface area contributed by atoms with Crippen LogP contribution in [-0.4, -0.2) is 37.7 Å². The molecule has 0 saturated carbocycles. The third-order valence-corrected chi connectivity index (χ3v) is 5.16. The van der Waals surface area contributed by atoms with Crippen LogP contribution in [0.1, 0.15) is 24.1 Å². The highest BCUT2D eigenvalue weighted by molar-refractivity contribution is 6.40.